The van der Waals surface area contributed by atoms with Crippen LogP contribution in [0.4, 0.5) is 0 Å². The van der Waals surface area contributed by atoms with Crippen LogP contribution in [0.3, 0.4) is 0 Å². The summed E-state index contributed by atoms with van der Waals surface area (Å²) in [4.78, 5) is 34.1. The molecule has 0 spiro atoms. The number of thioether (sulfide) groups is 1. The van der Waals surface area contributed by atoms with Crippen molar-refractivity contribution in [3.05, 3.63) is 51.9 Å². The van der Waals surface area contributed by atoms with Crippen molar-refractivity contribution in [3.8, 4) is 5.75 Å². The van der Waals surface area contributed by atoms with Crippen molar-refractivity contribution in [2.45, 2.75) is 17.9 Å². The molecule has 3 aromatic rings. The molecule has 0 atom stereocenters. The van der Waals surface area contributed by atoms with Gasteiger partial charge in [0.05, 0.1) is 19.2 Å². The fourth-order valence-electron chi connectivity index (χ4n) is 2.43. The molecule has 0 saturated carbocycles. The van der Waals surface area contributed by atoms with Gasteiger partial charge >= 0.3 is 0 Å². The number of aromatic amines is 1. The molecule has 26 heavy (non-hydrogen) atoms. The molecule has 0 aliphatic rings. The average molecular weight is 390 g/mol. The number of hydrogen-bond acceptors (Lipinski definition) is 6. The van der Waals surface area contributed by atoms with Crippen LogP contribution in [-0.4, -0.2) is 40.7 Å². The Balaban J connectivity index is 1.52. The molecule has 136 valence electrons. The highest BCUT2D eigenvalue weighted by Gasteiger charge is 2.12. The Kier molecular flexibility index (Phi) is 5.95. The number of carbonyl (C=O) groups excluding carboxylic acids is 1. The largest absolute Gasteiger partial charge is 0.497 e. The molecule has 0 fully saturated rings. The summed E-state index contributed by atoms with van der Waals surface area (Å²) in [6, 6.07) is 9.56. The van der Waals surface area contributed by atoms with Crippen LogP contribution in [0.5, 0.6) is 5.75 Å². The Morgan fingerprint density at radius 3 is 2.81 bits per heavy atom. The minimum atomic E-state index is -0.157. The van der Waals surface area contributed by atoms with E-state index in [2.05, 4.69) is 9.97 Å². The maximum absolute atomic E-state index is 12.3. The molecule has 0 unspecified atom stereocenters. The molecule has 0 saturated heterocycles. The molecule has 6 nitrogen and oxygen atoms in total. The number of methoxy groups -OCH3 is 1. The first-order chi connectivity index (χ1) is 12.6. The van der Waals surface area contributed by atoms with Crippen LogP contribution in [0.15, 0.2) is 45.4 Å². The summed E-state index contributed by atoms with van der Waals surface area (Å²) in [6.45, 7) is 0.285. The van der Waals surface area contributed by atoms with E-state index in [0.29, 0.717) is 28.2 Å². The number of H-pyrrole nitrogens is 1. The van der Waals surface area contributed by atoms with Crippen molar-refractivity contribution in [1.82, 2.24) is 14.9 Å². The van der Waals surface area contributed by atoms with E-state index in [1.165, 1.54) is 11.3 Å². The highest BCUT2D eigenvalue weighted by atomic mass is 32.2. The van der Waals surface area contributed by atoms with Gasteiger partial charge in [-0.25, -0.2) is 4.98 Å². The number of thiophene rings is 1. The minimum absolute atomic E-state index is 0.0130. The van der Waals surface area contributed by atoms with Crippen molar-refractivity contribution < 1.29 is 9.53 Å². The molecule has 1 amide bonds. The van der Waals surface area contributed by atoms with Crippen molar-refractivity contribution in [2.75, 3.05) is 19.9 Å². The van der Waals surface area contributed by atoms with Crippen LogP contribution in [-0.2, 0) is 11.3 Å². The topological polar surface area (TPSA) is 75.3 Å². The number of aromatic nitrogens is 2. The Morgan fingerprint density at radius 2 is 2.08 bits per heavy atom. The van der Waals surface area contributed by atoms with Gasteiger partial charge in [-0.1, -0.05) is 0 Å². The summed E-state index contributed by atoms with van der Waals surface area (Å²) >= 11 is 2.98. The van der Waals surface area contributed by atoms with Crippen LogP contribution in [0, 0.1) is 0 Å². The van der Waals surface area contributed by atoms with Gasteiger partial charge in [-0.15, -0.1) is 23.1 Å². The molecule has 3 rings (SSSR count). The van der Waals surface area contributed by atoms with Gasteiger partial charge in [-0.05, 0) is 35.7 Å². The Bertz CT molecular complexity index is 950. The van der Waals surface area contributed by atoms with Crippen LogP contribution >= 0.6 is 23.1 Å². The summed E-state index contributed by atoms with van der Waals surface area (Å²) in [7, 11) is 3.35. The first-order valence-electron chi connectivity index (χ1n) is 8.04. The summed E-state index contributed by atoms with van der Waals surface area (Å²) in [6.07, 6.45) is 0.415. The number of fused-ring (bicyclic) bond motifs is 1. The molecule has 1 N–H and O–H groups in total. The van der Waals surface area contributed by atoms with Gasteiger partial charge in [0.1, 0.15) is 16.3 Å². The molecular formula is C18H19N3O3S2. The fraction of sp³-hybridized carbons (Fsp3) is 0.278. The number of amides is 1. The van der Waals surface area contributed by atoms with E-state index >= 15 is 0 Å². The molecule has 2 heterocycles. The number of carbonyl (C=O) groups is 1. The third kappa shape index (κ3) is 4.44. The Labute approximate surface area is 159 Å². The van der Waals surface area contributed by atoms with E-state index < -0.39 is 0 Å². The molecule has 0 aliphatic carbocycles. The predicted octanol–water partition coefficient (Wildman–Crippen LogP) is 3.13. The number of nitrogens with one attached hydrogen (secondary N) is 1. The van der Waals surface area contributed by atoms with Crippen LogP contribution in [0.25, 0.3) is 10.2 Å². The number of nitrogens with zero attached hydrogens (tertiary/aromatic N) is 2. The summed E-state index contributed by atoms with van der Waals surface area (Å²) in [5.74, 6) is 2.01. The van der Waals surface area contributed by atoms with Gasteiger partial charge in [0.2, 0.25) is 5.91 Å². The van der Waals surface area contributed by atoms with Crippen LogP contribution < -0.4 is 10.3 Å². The zero-order chi connectivity index (χ0) is 18.5. The average Bonchev–Trinajstić information content (AvgIpc) is 3.11. The first kappa shape index (κ1) is 18.5. The second-order valence-electron chi connectivity index (χ2n) is 5.67. The van der Waals surface area contributed by atoms with Crippen molar-refractivity contribution >= 4 is 39.2 Å². The summed E-state index contributed by atoms with van der Waals surface area (Å²) < 4.78 is 5.74. The van der Waals surface area contributed by atoms with E-state index in [4.69, 9.17) is 4.74 Å². The SMILES string of the molecule is COc1ccc(SCCC(=O)N(C)Cc2nc3ccsc3c(=O)[nH]2)cc1. The second-order valence-corrected chi connectivity index (χ2v) is 7.76. The fourth-order valence-corrected chi connectivity index (χ4v) is 3.99. The van der Waals surface area contributed by atoms with Crippen LogP contribution in [0.2, 0.25) is 0 Å². The molecule has 0 aliphatic heterocycles. The first-order valence-corrected chi connectivity index (χ1v) is 9.90. The zero-order valence-electron chi connectivity index (χ0n) is 14.5. The maximum Gasteiger partial charge on any atom is 0.268 e. The standard InChI is InChI=1S/C18H19N3O3S2/c1-21(11-15-19-14-7-9-26-17(14)18(23)20-15)16(22)8-10-25-13-5-3-12(24-2)4-6-13/h3-7,9H,8,10-11H2,1-2H3,(H,19,20,23). The Hall–Kier alpha value is -2.32. The van der Waals surface area contributed by atoms with Crippen LogP contribution in [0.1, 0.15) is 12.2 Å². The smallest absolute Gasteiger partial charge is 0.268 e. The highest BCUT2D eigenvalue weighted by molar-refractivity contribution is 7.99. The lowest BCUT2D eigenvalue weighted by molar-refractivity contribution is -0.130. The third-order valence-corrected chi connectivity index (χ3v) is 5.74. The quantitative estimate of drug-likeness (QED) is 0.629. The van der Waals surface area contributed by atoms with Gasteiger partial charge < -0.3 is 14.6 Å². The number of hydrogen-bond donors (Lipinski definition) is 1. The van der Waals surface area contributed by atoms with Gasteiger partial charge in [-0.2, -0.15) is 0 Å². The monoisotopic (exact) mass is 389 g/mol. The number of ether oxygens (including phenoxy) is 1. The maximum atomic E-state index is 12.3. The molecule has 1 aromatic carbocycles. The van der Waals surface area contributed by atoms with E-state index in [-0.39, 0.29) is 18.0 Å². The summed E-state index contributed by atoms with van der Waals surface area (Å²) in [5, 5.41) is 1.84. The number of benzene rings is 1. The molecule has 2 aromatic heterocycles. The van der Waals surface area contributed by atoms with E-state index in [1.807, 2.05) is 35.7 Å². The van der Waals surface area contributed by atoms with Gasteiger partial charge in [0.15, 0.2) is 0 Å². The van der Waals surface area contributed by atoms with Crippen molar-refractivity contribution in [1.29, 1.82) is 0 Å². The van der Waals surface area contributed by atoms with Gasteiger partial charge in [0.25, 0.3) is 5.56 Å². The molecule has 8 heteroatoms. The molecular weight excluding hydrogens is 370 g/mol. The molecule has 0 radical (unpaired) electrons. The molecule has 0 bridgehead atoms. The second kappa shape index (κ2) is 8.37. The predicted molar refractivity (Wildman–Crippen MR) is 105 cm³/mol. The van der Waals surface area contributed by atoms with Gasteiger partial charge in [-0.3, -0.25) is 9.59 Å². The zero-order valence-corrected chi connectivity index (χ0v) is 16.2. The summed E-state index contributed by atoms with van der Waals surface area (Å²) in [5.41, 5.74) is 0.514. The normalized spacial score (nSPS) is 10.8. The van der Waals surface area contributed by atoms with Gasteiger partial charge in [0, 0.05) is 24.1 Å². The Morgan fingerprint density at radius 1 is 1.31 bits per heavy atom. The van der Waals surface area contributed by atoms with E-state index in [9.17, 15) is 9.59 Å². The lowest BCUT2D eigenvalue weighted by Gasteiger charge is -2.16. The lowest BCUT2D eigenvalue weighted by Crippen LogP contribution is -2.28. The van der Waals surface area contributed by atoms with E-state index in [0.717, 1.165) is 10.6 Å². The highest BCUT2D eigenvalue weighted by Crippen LogP contribution is 2.22. The number of rotatable bonds is 7. The third-order valence-electron chi connectivity index (χ3n) is 3.82. The van der Waals surface area contributed by atoms with E-state index in [1.54, 1.807) is 30.8 Å². The van der Waals surface area contributed by atoms with Crippen molar-refractivity contribution in [3.63, 3.8) is 0 Å². The van der Waals surface area contributed by atoms with Crippen molar-refractivity contribution in [2.24, 2.45) is 0 Å². The lowest BCUT2D eigenvalue weighted by atomic mass is 10.3. The minimum Gasteiger partial charge on any atom is -0.497 e.